The summed E-state index contributed by atoms with van der Waals surface area (Å²) in [6.45, 7) is 3.90. The Morgan fingerprint density at radius 1 is 1.17 bits per heavy atom. The van der Waals surface area contributed by atoms with Crippen LogP contribution in [0.15, 0.2) is 18.5 Å². The zero-order valence-corrected chi connectivity index (χ0v) is 11.1. The Kier molecular flexibility index (Phi) is 2.52. The van der Waals surface area contributed by atoms with Gasteiger partial charge >= 0.3 is 0 Å². The fourth-order valence-corrected chi connectivity index (χ4v) is 4.50. The summed E-state index contributed by atoms with van der Waals surface area (Å²) >= 11 is 6.00. The molecule has 3 saturated heterocycles. The van der Waals surface area contributed by atoms with Gasteiger partial charge in [0.05, 0.1) is 16.9 Å². The van der Waals surface area contributed by atoms with Crippen molar-refractivity contribution in [2.24, 2.45) is 17.8 Å². The van der Waals surface area contributed by atoms with Crippen LogP contribution >= 0.6 is 11.6 Å². The van der Waals surface area contributed by atoms with Gasteiger partial charge in [0.2, 0.25) is 0 Å². The van der Waals surface area contributed by atoms with Crippen LogP contribution in [-0.4, -0.2) is 35.6 Å². The maximum Gasteiger partial charge on any atom is 0.0609 e. The fraction of sp³-hybridized carbons (Fsp3) is 0.643. The summed E-state index contributed by atoms with van der Waals surface area (Å²) in [5, 5.41) is 4.41. The maximum absolute atomic E-state index is 6.00. The summed E-state index contributed by atoms with van der Waals surface area (Å²) in [7, 11) is 0. The van der Waals surface area contributed by atoms with Crippen LogP contribution in [0.5, 0.6) is 0 Å². The summed E-state index contributed by atoms with van der Waals surface area (Å²) < 4.78 is 0. The van der Waals surface area contributed by atoms with Crippen molar-refractivity contribution in [3.8, 4) is 0 Å². The third kappa shape index (κ3) is 1.81. The first-order chi connectivity index (χ1) is 8.78. The predicted molar refractivity (Wildman–Crippen MR) is 72.8 cm³/mol. The minimum Gasteiger partial charge on any atom is -0.380 e. The Morgan fingerprint density at radius 2 is 1.94 bits per heavy atom. The highest BCUT2D eigenvalue weighted by Crippen LogP contribution is 2.44. The standard InChI is InChI=1S/C14H18ClN3/c15-12-3-13(5-16-4-12)17-14-10-1-9-2-11(14)8-18(6-9)7-10/h3-5,9-11,14,17H,1-2,6-8H2. The lowest BCUT2D eigenvalue weighted by molar-refractivity contribution is -0.0269. The van der Waals surface area contributed by atoms with Gasteiger partial charge in [0, 0.05) is 31.9 Å². The van der Waals surface area contributed by atoms with E-state index >= 15 is 0 Å². The number of anilines is 1. The van der Waals surface area contributed by atoms with Crippen molar-refractivity contribution in [1.29, 1.82) is 0 Å². The summed E-state index contributed by atoms with van der Waals surface area (Å²) in [5.74, 6) is 2.59. The van der Waals surface area contributed by atoms with Crippen molar-refractivity contribution in [1.82, 2.24) is 9.88 Å². The number of hydrogen-bond donors (Lipinski definition) is 1. The molecule has 2 unspecified atom stereocenters. The minimum atomic E-state index is 0.623. The summed E-state index contributed by atoms with van der Waals surface area (Å²) in [6, 6.07) is 2.61. The van der Waals surface area contributed by atoms with E-state index < -0.39 is 0 Å². The maximum atomic E-state index is 6.00. The Labute approximate surface area is 113 Å². The third-order valence-corrected chi connectivity index (χ3v) is 5.03. The molecule has 1 aromatic heterocycles. The van der Waals surface area contributed by atoms with Crippen LogP contribution in [0.3, 0.4) is 0 Å². The molecular weight excluding hydrogens is 246 g/mol. The highest BCUT2D eigenvalue weighted by atomic mass is 35.5. The number of piperidine rings is 3. The van der Waals surface area contributed by atoms with Gasteiger partial charge in [-0.05, 0) is 36.7 Å². The lowest BCUT2D eigenvalue weighted by Gasteiger charge is -2.56. The summed E-state index contributed by atoms with van der Waals surface area (Å²) in [5.41, 5.74) is 1.08. The molecule has 0 radical (unpaired) electrons. The van der Waals surface area contributed by atoms with Crippen LogP contribution in [0.2, 0.25) is 5.02 Å². The van der Waals surface area contributed by atoms with E-state index in [4.69, 9.17) is 11.6 Å². The van der Waals surface area contributed by atoms with Crippen molar-refractivity contribution >= 4 is 17.3 Å². The predicted octanol–water partition coefficient (Wildman–Crippen LogP) is 2.49. The number of hydrogen-bond acceptors (Lipinski definition) is 3. The van der Waals surface area contributed by atoms with E-state index in [1.807, 2.05) is 12.3 Å². The smallest absolute Gasteiger partial charge is 0.0609 e. The molecule has 4 bridgehead atoms. The molecule has 96 valence electrons. The van der Waals surface area contributed by atoms with Crippen LogP contribution < -0.4 is 5.32 Å². The van der Waals surface area contributed by atoms with Gasteiger partial charge in [0.1, 0.15) is 0 Å². The molecule has 1 aromatic rings. The molecule has 0 aromatic carbocycles. The van der Waals surface area contributed by atoms with E-state index in [0.29, 0.717) is 11.1 Å². The Hall–Kier alpha value is -0.800. The van der Waals surface area contributed by atoms with Crippen molar-refractivity contribution < 1.29 is 0 Å². The average molecular weight is 264 g/mol. The largest absolute Gasteiger partial charge is 0.380 e. The summed E-state index contributed by atoms with van der Waals surface area (Å²) in [6.07, 6.45) is 6.38. The van der Waals surface area contributed by atoms with Gasteiger partial charge in [-0.2, -0.15) is 0 Å². The van der Waals surface area contributed by atoms with Gasteiger partial charge in [-0.1, -0.05) is 11.6 Å². The van der Waals surface area contributed by atoms with Gasteiger partial charge in [-0.15, -0.1) is 0 Å². The first-order valence-corrected chi connectivity index (χ1v) is 7.25. The molecule has 1 aliphatic carbocycles. The molecule has 18 heavy (non-hydrogen) atoms. The van der Waals surface area contributed by atoms with Crippen molar-refractivity contribution in [3.05, 3.63) is 23.5 Å². The lowest BCUT2D eigenvalue weighted by Crippen LogP contribution is -2.62. The molecule has 1 saturated carbocycles. The second-order valence-electron chi connectivity index (χ2n) is 6.14. The van der Waals surface area contributed by atoms with Crippen LogP contribution in [0.25, 0.3) is 0 Å². The van der Waals surface area contributed by atoms with Gasteiger partial charge in [0.15, 0.2) is 0 Å². The molecule has 3 nitrogen and oxygen atoms in total. The van der Waals surface area contributed by atoms with Crippen molar-refractivity contribution in [2.75, 3.05) is 25.0 Å². The fourth-order valence-electron chi connectivity index (χ4n) is 4.33. The average Bonchev–Trinajstić information content (AvgIpc) is 2.33. The van der Waals surface area contributed by atoms with E-state index in [-0.39, 0.29) is 0 Å². The second kappa shape index (κ2) is 4.10. The highest BCUT2D eigenvalue weighted by molar-refractivity contribution is 6.30. The highest BCUT2D eigenvalue weighted by Gasteiger charge is 2.47. The molecule has 4 aliphatic rings. The van der Waals surface area contributed by atoms with Crippen LogP contribution in [0, 0.1) is 17.8 Å². The second-order valence-corrected chi connectivity index (χ2v) is 6.57. The summed E-state index contributed by atoms with van der Waals surface area (Å²) in [4.78, 5) is 6.82. The number of halogens is 1. The lowest BCUT2D eigenvalue weighted by atomic mass is 9.65. The Morgan fingerprint density at radius 3 is 2.61 bits per heavy atom. The van der Waals surface area contributed by atoms with E-state index in [1.54, 1.807) is 6.20 Å². The zero-order chi connectivity index (χ0) is 12.1. The van der Waals surface area contributed by atoms with Gasteiger partial charge < -0.3 is 10.2 Å². The van der Waals surface area contributed by atoms with Crippen molar-refractivity contribution in [2.45, 2.75) is 18.9 Å². The molecule has 5 rings (SSSR count). The normalized spacial score (nSPS) is 41.1. The van der Waals surface area contributed by atoms with E-state index in [9.17, 15) is 0 Å². The molecule has 0 amide bonds. The van der Waals surface area contributed by atoms with E-state index in [1.165, 1.54) is 32.5 Å². The Balaban J connectivity index is 1.55. The van der Waals surface area contributed by atoms with Crippen LogP contribution in [0.4, 0.5) is 5.69 Å². The molecule has 2 atom stereocenters. The number of pyridine rings is 1. The monoisotopic (exact) mass is 263 g/mol. The number of nitrogens with zero attached hydrogens (tertiary/aromatic N) is 2. The molecule has 4 heteroatoms. The van der Waals surface area contributed by atoms with Gasteiger partial charge in [-0.3, -0.25) is 4.98 Å². The third-order valence-electron chi connectivity index (χ3n) is 4.83. The number of aromatic nitrogens is 1. The SMILES string of the molecule is Clc1cncc(NC2C3CC4CC2CN(C4)C3)c1. The first-order valence-electron chi connectivity index (χ1n) is 6.87. The number of rotatable bonds is 2. The topological polar surface area (TPSA) is 28.2 Å². The van der Waals surface area contributed by atoms with Gasteiger partial charge in [0.25, 0.3) is 0 Å². The molecule has 4 fully saturated rings. The molecule has 3 aliphatic heterocycles. The van der Waals surface area contributed by atoms with E-state index in [0.717, 1.165) is 23.4 Å². The van der Waals surface area contributed by atoms with Gasteiger partial charge in [-0.25, -0.2) is 0 Å². The minimum absolute atomic E-state index is 0.623. The molecule has 0 spiro atoms. The first kappa shape index (κ1) is 11.1. The van der Waals surface area contributed by atoms with E-state index in [2.05, 4.69) is 15.2 Å². The number of nitrogens with one attached hydrogen (secondary N) is 1. The molecule has 1 N–H and O–H groups in total. The quantitative estimate of drug-likeness (QED) is 0.889. The van der Waals surface area contributed by atoms with Crippen molar-refractivity contribution in [3.63, 3.8) is 0 Å². The van der Waals surface area contributed by atoms with Crippen LogP contribution in [0.1, 0.15) is 12.8 Å². The zero-order valence-electron chi connectivity index (χ0n) is 10.3. The Bertz CT molecular complexity index is 434. The molecular formula is C14H18ClN3. The molecule has 4 heterocycles. The van der Waals surface area contributed by atoms with Crippen LogP contribution in [-0.2, 0) is 0 Å².